The number of carbonyl (C=O) groups is 10. The first-order valence-corrected chi connectivity index (χ1v) is 5.33. The second-order valence-corrected chi connectivity index (χ2v) is 2.87. The zero-order chi connectivity index (χ0) is 25.8. The average molecular weight is 798 g/mol. The minimum Gasteiger partial charge on any atom is -1.00 e. The zero-order valence-electron chi connectivity index (χ0n) is 29.2. The van der Waals surface area contributed by atoms with Crippen LogP contribution >= 0.6 is 0 Å². The summed E-state index contributed by atoms with van der Waals surface area (Å²) in [7, 11) is 0. The monoisotopic (exact) mass is 798 g/mol. The van der Waals surface area contributed by atoms with Crippen molar-refractivity contribution in [2.24, 2.45) is 0 Å². The molecule has 0 aliphatic heterocycles. The summed E-state index contributed by atoms with van der Waals surface area (Å²) >= 11 is 0. The molecule has 0 saturated heterocycles. The Labute approximate surface area is 454 Å². The zero-order valence-corrected chi connectivity index (χ0v) is 37.9. The third-order valence-electron chi connectivity index (χ3n) is 0.833. The quantitative estimate of drug-likeness (QED) is 0.162. The number of hydrogen-bond donors (Lipinski definition) is 0. The number of carboxylic acid groups (broad SMARTS) is 10. The maximum absolute atomic E-state index is 8.93. The Morgan fingerprint density at radius 3 is 0.263 bits per heavy atom. The van der Waals surface area contributed by atoms with Crippen LogP contribution in [0.15, 0.2) is 0 Å². The normalized spacial score (nSPS) is 5.79. The molecule has 0 aliphatic carbocycles. The van der Waals surface area contributed by atoms with E-state index in [0.717, 1.165) is 0 Å². The maximum Gasteiger partial charge on any atom is 4.00 e. The van der Waals surface area contributed by atoms with E-state index in [1.807, 2.05) is 0 Å². The van der Waals surface area contributed by atoms with Gasteiger partial charge in [-0.1, -0.05) is 0 Å². The van der Waals surface area contributed by atoms with Crippen LogP contribution < -0.4 is 257 Å². The van der Waals surface area contributed by atoms with Gasteiger partial charge in [-0.3, -0.25) is 0 Å². The SMILES string of the molecule is O=C([O-])C(=O)[O-].O=C([O-])C(=O)[O-].O=C([O-])C(=O)[O-].O=C([O-])C(=O)[O-].O=C([O-])C(=O)[O-].[H-].[H-].[H-].[H-].[H-].[H-].[H-].[H-].[H-].[H-].[K+].[K+].[K+].[K+].[Ti+4].[Ti+4].[Ti+4].[Ti+4]. The Balaban J connectivity index is -0.00000000709. The molecule has 38 heavy (non-hydrogen) atoms. The van der Waals surface area contributed by atoms with Crippen LogP contribution in [0.1, 0.15) is 14.3 Å². The van der Waals surface area contributed by atoms with E-state index < -0.39 is 59.7 Å². The van der Waals surface area contributed by atoms with Crippen molar-refractivity contribution in [3.05, 3.63) is 0 Å². The number of carbonyl (C=O) groups excluding carboxylic acids is 10. The van der Waals surface area contributed by atoms with Gasteiger partial charge in [0.05, 0.1) is 59.7 Å². The van der Waals surface area contributed by atoms with Crippen LogP contribution in [0.4, 0.5) is 0 Å². The minimum absolute atomic E-state index is 0. The first kappa shape index (κ1) is 84.0. The smallest absolute Gasteiger partial charge is 1.00 e. The van der Waals surface area contributed by atoms with Crippen LogP contribution in [-0.2, 0) is 135 Å². The van der Waals surface area contributed by atoms with Gasteiger partial charge in [0.1, 0.15) is 0 Å². The van der Waals surface area contributed by atoms with Gasteiger partial charge >= 0.3 is 292 Å². The Morgan fingerprint density at radius 2 is 0.263 bits per heavy atom. The number of rotatable bonds is 0. The van der Waals surface area contributed by atoms with Crippen LogP contribution in [-0.4, -0.2) is 59.7 Å². The fraction of sp³-hybridized carbons (Fsp3) is 0. The van der Waals surface area contributed by atoms with Crippen molar-refractivity contribution in [3.8, 4) is 0 Å². The van der Waals surface area contributed by atoms with E-state index in [9.17, 15) is 0 Å². The summed E-state index contributed by atoms with van der Waals surface area (Å²) in [6, 6.07) is 0. The van der Waals surface area contributed by atoms with Crippen LogP contribution in [0.25, 0.3) is 0 Å². The Bertz CT molecular complexity index is 569. The summed E-state index contributed by atoms with van der Waals surface area (Å²) in [5.41, 5.74) is 0. The van der Waals surface area contributed by atoms with Gasteiger partial charge in [0, 0.05) is 0 Å². The van der Waals surface area contributed by atoms with Crippen LogP contribution in [0.5, 0.6) is 0 Å². The van der Waals surface area contributed by atoms with Gasteiger partial charge in [-0.15, -0.1) is 0 Å². The molecule has 0 heterocycles. The van der Waals surface area contributed by atoms with Crippen molar-refractivity contribution in [1.82, 2.24) is 0 Å². The summed E-state index contributed by atoms with van der Waals surface area (Å²) in [6.07, 6.45) is 0. The van der Waals surface area contributed by atoms with Crippen molar-refractivity contribution in [2.75, 3.05) is 0 Å². The van der Waals surface area contributed by atoms with Gasteiger partial charge in [-0.25, -0.2) is 0 Å². The van der Waals surface area contributed by atoms with Gasteiger partial charge in [-0.2, -0.15) is 0 Å². The predicted octanol–water partition coefficient (Wildman–Crippen LogP) is -28.4. The summed E-state index contributed by atoms with van der Waals surface area (Å²) in [5.74, 6) is -21.9. The van der Waals surface area contributed by atoms with Crippen molar-refractivity contribution in [2.45, 2.75) is 0 Å². The van der Waals surface area contributed by atoms with Crippen molar-refractivity contribution >= 4 is 59.7 Å². The molecule has 0 bridgehead atoms. The first-order valence-electron chi connectivity index (χ1n) is 5.33. The molecular formula is C10H10K4O20Ti4. The van der Waals surface area contributed by atoms with Crippen molar-refractivity contribution < 1.29 is 406 Å². The van der Waals surface area contributed by atoms with E-state index in [0.29, 0.717) is 0 Å². The van der Waals surface area contributed by atoms with Crippen LogP contribution in [0, 0.1) is 0 Å². The van der Waals surface area contributed by atoms with Gasteiger partial charge in [-0.05, 0) is 0 Å². The summed E-state index contributed by atoms with van der Waals surface area (Å²) in [6.45, 7) is 0. The standard InChI is InChI=1S/5C2H2O4.4K.4Ti.10H/c5*3-1(4)2(5)6;;;;;;;;;;;;;;;;;;/h5*(H,3,4)(H,5,6);;;;;;;;;;;;;;;;;;/q;;;;;4*+1;4*+4;10*-1/p-10. The second kappa shape index (κ2) is 56.8. The molecule has 0 unspecified atom stereocenters. The number of carboxylic acids is 10. The Hall–Kier alpha value is 4.10. The molecular weight excluding hydrogens is 788 g/mol. The van der Waals surface area contributed by atoms with Crippen LogP contribution in [0.3, 0.4) is 0 Å². The topological polar surface area (TPSA) is 401 Å². The van der Waals surface area contributed by atoms with Gasteiger partial charge in [0.2, 0.25) is 0 Å². The average Bonchev–Trinajstić information content (AvgIpc) is 2.56. The Morgan fingerprint density at radius 1 is 0.237 bits per heavy atom. The van der Waals surface area contributed by atoms with E-state index in [2.05, 4.69) is 0 Å². The molecule has 190 valence electrons. The maximum atomic E-state index is 8.93. The third kappa shape index (κ3) is 106. The second-order valence-electron chi connectivity index (χ2n) is 2.87. The number of aliphatic carboxylic acids is 10. The molecule has 0 saturated carbocycles. The molecule has 0 aromatic heterocycles. The molecule has 0 atom stereocenters. The molecule has 0 rings (SSSR count). The fourth-order valence-corrected chi connectivity index (χ4v) is 0. The van der Waals surface area contributed by atoms with E-state index in [-0.39, 0.29) is 307 Å². The predicted molar refractivity (Wildman–Crippen MR) is 61.2 cm³/mol. The largest absolute Gasteiger partial charge is 4.00 e. The molecule has 0 aromatic carbocycles. The first-order chi connectivity index (χ1) is 13.2. The molecule has 20 nitrogen and oxygen atoms in total. The van der Waals surface area contributed by atoms with Crippen molar-refractivity contribution in [3.63, 3.8) is 0 Å². The molecule has 0 spiro atoms. The Kier molecular flexibility index (Phi) is 126. The minimum atomic E-state index is -2.19. The van der Waals surface area contributed by atoms with E-state index >= 15 is 0 Å². The van der Waals surface area contributed by atoms with Gasteiger partial charge < -0.3 is 113 Å². The van der Waals surface area contributed by atoms with Gasteiger partial charge in [0.25, 0.3) is 0 Å². The van der Waals surface area contributed by atoms with E-state index in [4.69, 9.17) is 99.0 Å². The fourth-order valence-electron chi connectivity index (χ4n) is 0. The summed E-state index contributed by atoms with van der Waals surface area (Å²) in [5, 5.41) is 89.3. The molecule has 0 N–H and O–H groups in total. The molecule has 28 heteroatoms. The van der Waals surface area contributed by atoms with Crippen molar-refractivity contribution in [1.29, 1.82) is 0 Å². The molecule has 0 fully saturated rings. The number of hydrogen-bond acceptors (Lipinski definition) is 20. The van der Waals surface area contributed by atoms with Gasteiger partial charge in [0.15, 0.2) is 0 Å². The summed E-state index contributed by atoms with van der Waals surface area (Å²) < 4.78 is 0. The molecule has 0 amide bonds. The van der Waals surface area contributed by atoms with E-state index in [1.54, 1.807) is 0 Å². The van der Waals surface area contributed by atoms with Crippen LogP contribution in [0.2, 0.25) is 0 Å². The molecule has 0 aromatic rings. The van der Waals surface area contributed by atoms with E-state index in [1.165, 1.54) is 0 Å². The molecule has 0 aliphatic rings. The molecule has 0 radical (unpaired) electrons. The summed E-state index contributed by atoms with van der Waals surface area (Å²) in [4.78, 5) is 89.3. The third-order valence-corrected chi connectivity index (χ3v) is 0.833.